The van der Waals surface area contributed by atoms with Gasteiger partial charge >= 0.3 is 0 Å². The third-order valence-electron chi connectivity index (χ3n) is 6.93. The molecule has 1 fully saturated rings. The molecule has 5 heteroatoms. The zero-order valence-electron chi connectivity index (χ0n) is 18.6. The molecule has 1 saturated heterocycles. The first-order valence-corrected chi connectivity index (χ1v) is 10.3. The van der Waals surface area contributed by atoms with Gasteiger partial charge in [-0.3, -0.25) is 0 Å². The summed E-state index contributed by atoms with van der Waals surface area (Å²) in [5.41, 5.74) is 5.99. The van der Waals surface area contributed by atoms with E-state index in [2.05, 4.69) is 88.2 Å². The van der Waals surface area contributed by atoms with Crippen LogP contribution in [0.5, 0.6) is 0 Å². The highest BCUT2D eigenvalue weighted by atomic mass is 15.2. The fraction of sp³-hybridized carbons (Fsp3) is 0.565. The van der Waals surface area contributed by atoms with Crippen LogP contribution < -0.4 is 10.6 Å². The Morgan fingerprint density at radius 3 is 2.43 bits per heavy atom. The zero-order valence-corrected chi connectivity index (χ0v) is 18.6. The SMILES string of the molecule is Cc1cnc(Nc2ccc(C)c(C)c2C)nc1NC1CC(C)N(C)C(C)C1C. The van der Waals surface area contributed by atoms with E-state index in [1.165, 1.54) is 16.7 Å². The van der Waals surface area contributed by atoms with Crippen LogP contribution in [0.15, 0.2) is 18.3 Å². The van der Waals surface area contributed by atoms with Gasteiger partial charge < -0.3 is 15.5 Å². The number of rotatable bonds is 4. The summed E-state index contributed by atoms with van der Waals surface area (Å²) in [6, 6.07) is 5.75. The Morgan fingerprint density at radius 1 is 1.00 bits per heavy atom. The van der Waals surface area contributed by atoms with Gasteiger partial charge in [0.25, 0.3) is 0 Å². The summed E-state index contributed by atoms with van der Waals surface area (Å²) in [6.07, 6.45) is 3.02. The molecule has 4 unspecified atom stereocenters. The fourth-order valence-corrected chi connectivity index (χ4v) is 4.08. The molecule has 4 atom stereocenters. The van der Waals surface area contributed by atoms with Gasteiger partial charge in [0, 0.05) is 35.6 Å². The van der Waals surface area contributed by atoms with Gasteiger partial charge in [-0.25, -0.2) is 4.98 Å². The maximum absolute atomic E-state index is 4.81. The Morgan fingerprint density at radius 2 is 1.71 bits per heavy atom. The second kappa shape index (κ2) is 8.08. The molecule has 1 aliphatic heterocycles. The van der Waals surface area contributed by atoms with E-state index in [0.29, 0.717) is 30.0 Å². The maximum atomic E-state index is 4.81. The molecule has 152 valence electrons. The van der Waals surface area contributed by atoms with Crippen LogP contribution in [0, 0.1) is 33.6 Å². The van der Waals surface area contributed by atoms with Crippen molar-refractivity contribution in [3.63, 3.8) is 0 Å². The van der Waals surface area contributed by atoms with E-state index < -0.39 is 0 Å². The summed E-state index contributed by atoms with van der Waals surface area (Å²) < 4.78 is 0. The highest BCUT2D eigenvalue weighted by Crippen LogP contribution is 2.30. The first kappa shape index (κ1) is 20.6. The maximum Gasteiger partial charge on any atom is 0.229 e. The van der Waals surface area contributed by atoms with Crippen LogP contribution >= 0.6 is 0 Å². The molecule has 3 rings (SSSR count). The second-order valence-electron chi connectivity index (χ2n) is 8.63. The van der Waals surface area contributed by atoms with E-state index >= 15 is 0 Å². The Kier molecular flexibility index (Phi) is 5.94. The van der Waals surface area contributed by atoms with Crippen molar-refractivity contribution in [1.82, 2.24) is 14.9 Å². The number of benzene rings is 1. The van der Waals surface area contributed by atoms with Crippen molar-refractivity contribution in [2.45, 2.75) is 73.0 Å². The summed E-state index contributed by atoms with van der Waals surface area (Å²) in [6.45, 7) is 15.5. The molecular weight excluding hydrogens is 346 g/mol. The van der Waals surface area contributed by atoms with Gasteiger partial charge in [0.1, 0.15) is 5.82 Å². The van der Waals surface area contributed by atoms with Crippen LogP contribution in [-0.2, 0) is 0 Å². The Hall–Kier alpha value is -2.14. The first-order valence-electron chi connectivity index (χ1n) is 10.3. The largest absolute Gasteiger partial charge is 0.367 e. The van der Waals surface area contributed by atoms with Gasteiger partial charge in [-0.15, -0.1) is 0 Å². The number of hydrogen-bond acceptors (Lipinski definition) is 5. The summed E-state index contributed by atoms with van der Waals surface area (Å²) in [7, 11) is 2.23. The molecule has 0 aliphatic carbocycles. The molecule has 28 heavy (non-hydrogen) atoms. The van der Waals surface area contributed by atoms with Crippen molar-refractivity contribution in [2.24, 2.45) is 5.92 Å². The minimum Gasteiger partial charge on any atom is -0.367 e. The minimum absolute atomic E-state index is 0.408. The number of nitrogens with zero attached hydrogens (tertiary/aromatic N) is 3. The number of aryl methyl sites for hydroxylation is 2. The number of hydrogen-bond donors (Lipinski definition) is 2. The van der Waals surface area contributed by atoms with Crippen molar-refractivity contribution in [3.05, 3.63) is 40.6 Å². The van der Waals surface area contributed by atoms with Crippen molar-refractivity contribution in [2.75, 3.05) is 17.7 Å². The summed E-state index contributed by atoms with van der Waals surface area (Å²) in [5, 5.41) is 7.13. The zero-order chi connectivity index (χ0) is 20.6. The molecule has 1 aliphatic rings. The van der Waals surface area contributed by atoms with E-state index in [4.69, 9.17) is 4.98 Å². The fourth-order valence-electron chi connectivity index (χ4n) is 4.08. The van der Waals surface area contributed by atoms with Crippen LogP contribution in [0.3, 0.4) is 0 Å². The lowest BCUT2D eigenvalue weighted by Gasteiger charge is -2.45. The van der Waals surface area contributed by atoms with Crippen molar-refractivity contribution >= 4 is 17.5 Å². The molecule has 2 aromatic rings. The molecule has 0 spiro atoms. The Labute approximate surface area is 170 Å². The number of piperidine rings is 1. The van der Waals surface area contributed by atoms with Gasteiger partial charge in [-0.2, -0.15) is 4.98 Å². The molecule has 0 saturated carbocycles. The number of likely N-dealkylation sites (tertiary alicyclic amines) is 1. The predicted octanol–water partition coefficient (Wildman–Crippen LogP) is 4.98. The Balaban J connectivity index is 1.81. The van der Waals surface area contributed by atoms with Crippen molar-refractivity contribution in [3.8, 4) is 0 Å². The average molecular weight is 382 g/mol. The molecule has 1 aromatic carbocycles. The highest BCUT2D eigenvalue weighted by molar-refractivity contribution is 5.62. The number of nitrogens with one attached hydrogen (secondary N) is 2. The second-order valence-corrected chi connectivity index (χ2v) is 8.63. The monoisotopic (exact) mass is 381 g/mol. The topological polar surface area (TPSA) is 53.1 Å². The van der Waals surface area contributed by atoms with E-state index in [9.17, 15) is 0 Å². The summed E-state index contributed by atoms with van der Waals surface area (Å²) in [5.74, 6) is 2.12. The lowest BCUT2D eigenvalue weighted by molar-refractivity contribution is 0.0828. The van der Waals surface area contributed by atoms with E-state index in [-0.39, 0.29) is 0 Å². The lowest BCUT2D eigenvalue weighted by Crippen LogP contribution is -2.53. The first-order chi connectivity index (χ1) is 13.2. The molecule has 0 radical (unpaired) electrons. The van der Waals surface area contributed by atoms with Crippen LogP contribution in [0.1, 0.15) is 49.4 Å². The quantitative estimate of drug-likeness (QED) is 0.782. The van der Waals surface area contributed by atoms with Crippen LogP contribution in [0.2, 0.25) is 0 Å². The van der Waals surface area contributed by atoms with Crippen LogP contribution in [0.4, 0.5) is 17.5 Å². The molecule has 2 N–H and O–H groups in total. The van der Waals surface area contributed by atoms with Gasteiger partial charge in [-0.1, -0.05) is 13.0 Å². The van der Waals surface area contributed by atoms with E-state index in [0.717, 1.165) is 23.5 Å². The van der Waals surface area contributed by atoms with Crippen LogP contribution in [-0.4, -0.2) is 40.0 Å². The van der Waals surface area contributed by atoms with Crippen LogP contribution in [0.25, 0.3) is 0 Å². The molecule has 2 heterocycles. The molecule has 1 aromatic heterocycles. The van der Waals surface area contributed by atoms with Gasteiger partial charge in [0.15, 0.2) is 0 Å². The minimum atomic E-state index is 0.408. The smallest absolute Gasteiger partial charge is 0.229 e. The Bertz CT molecular complexity index is 847. The molecule has 5 nitrogen and oxygen atoms in total. The molecular formula is C23H35N5. The van der Waals surface area contributed by atoms with Gasteiger partial charge in [0.2, 0.25) is 5.95 Å². The summed E-state index contributed by atoms with van der Waals surface area (Å²) >= 11 is 0. The summed E-state index contributed by atoms with van der Waals surface area (Å²) in [4.78, 5) is 11.8. The van der Waals surface area contributed by atoms with Crippen molar-refractivity contribution < 1.29 is 0 Å². The molecule has 0 amide bonds. The third kappa shape index (κ3) is 4.00. The number of anilines is 3. The predicted molar refractivity (Wildman–Crippen MR) is 119 cm³/mol. The number of aromatic nitrogens is 2. The van der Waals surface area contributed by atoms with Gasteiger partial charge in [0.05, 0.1) is 0 Å². The third-order valence-corrected chi connectivity index (χ3v) is 6.93. The normalized spacial score (nSPS) is 25.6. The van der Waals surface area contributed by atoms with Gasteiger partial charge in [-0.05, 0) is 83.7 Å². The van der Waals surface area contributed by atoms with E-state index in [1.54, 1.807) is 0 Å². The standard InChI is InChI=1S/C23H35N5/c1-13-9-10-20(17(5)16(13)4)26-23-24-12-14(2)22(27-23)25-21-11-15(3)28(8)19(7)18(21)6/h9-10,12,15,18-19,21H,11H2,1-8H3,(H2,24,25,26,27). The van der Waals surface area contributed by atoms with Crippen molar-refractivity contribution in [1.29, 1.82) is 0 Å². The van der Waals surface area contributed by atoms with E-state index in [1.807, 2.05) is 6.20 Å². The average Bonchev–Trinajstić information content (AvgIpc) is 2.67. The lowest BCUT2D eigenvalue weighted by atomic mass is 9.84. The molecule has 0 bridgehead atoms. The highest BCUT2D eigenvalue weighted by Gasteiger charge is 2.34.